The van der Waals surface area contributed by atoms with Crippen molar-refractivity contribution in [3.8, 4) is 11.5 Å². The van der Waals surface area contributed by atoms with E-state index in [0.717, 1.165) is 22.6 Å². The molecule has 188 valence electrons. The molecule has 0 amide bonds. The van der Waals surface area contributed by atoms with Crippen LogP contribution in [0.1, 0.15) is 38.2 Å². The molecule has 0 bridgehead atoms. The largest absolute Gasteiger partial charge is 0.457 e. The smallest absolute Gasteiger partial charge is 0.363 e. The van der Waals surface area contributed by atoms with Crippen molar-refractivity contribution in [2.75, 3.05) is 0 Å². The van der Waals surface area contributed by atoms with Gasteiger partial charge in [-0.25, -0.2) is 9.97 Å². The Kier molecular flexibility index (Phi) is 8.05. The maximum absolute atomic E-state index is 12.3. The third-order valence-corrected chi connectivity index (χ3v) is 5.98. The van der Waals surface area contributed by atoms with E-state index in [2.05, 4.69) is 18.8 Å². The molecule has 8 nitrogen and oxygen atoms in total. The van der Waals surface area contributed by atoms with Gasteiger partial charge >= 0.3 is 10.2 Å². The lowest BCUT2D eigenvalue weighted by Gasteiger charge is -2.09. The summed E-state index contributed by atoms with van der Waals surface area (Å²) in [5.41, 5.74) is 3.14. The van der Waals surface area contributed by atoms with Gasteiger partial charge in [0, 0.05) is 18.5 Å². The van der Waals surface area contributed by atoms with E-state index < -0.39 is 10.2 Å². The lowest BCUT2D eigenvalue weighted by molar-refractivity contribution is 0.482. The third-order valence-electron chi connectivity index (χ3n) is 5.22. The first-order valence-corrected chi connectivity index (χ1v) is 13.1. The summed E-state index contributed by atoms with van der Waals surface area (Å²) in [6.45, 7) is 5.78. The molecule has 0 fully saturated rings. The van der Waals surface area contributed by atoms with E-state index in [1.165, 1.54) is 12.4 Å². The maximum Gasteiger partial charge on any atom is 0.363 e. The molecule has 0 N–H and O–H groups in total. The summed E-state index contributed by atoms with van der Waals surface area (Å²) < 4.78 is 39.5. The summed E-state index contributed by atoms with van der Waals surface area (Å²) in [6, 6.07) is 20.9. The molecule has 0 saturated heterocycles. The van der Waals surface area contributed by atoms with Crippen molar-refractivity contribution in [1.29, 1.82) is 0 Å². The highest BCUT2D eigenvalue weighted by Gasteiger charge is 2.13. The van der Waals surface area contributed by atoms with E-state index in [4.69, 9.17) is 4.74 Å². The summed E-state index contributed by atoms with van der Waals surface area (Å²) in [4.78, 5) is 8.77. The van der Waals surface area contributed by atoms with E-state index in [-0.39, 0.29) is 6.04 Å². The molecule has 0 aliphatic heterocycles. The summed E-state index contributed by atoms with van der Waals surface area (Å²) in [6.07, 6.45) is 9.48. The molecule has 0 unspecified atom stereocenters. The van der Waals surface area contributed by atoms with Gasteiger partial charge in [-0.15, -0.1) is 4.40 Å². The van der Waals surface area contributed by atoms with Crippen LogP contribution in [0.5, 0.6) is 11.5 Å². The number of allylic oxidation sites excluding steroid dienone is 3. The summed E-state index contributed by atoms with van der Waals surface area (Å²) >= 11 is 0. The molecule has 4 aromatic rings. The zero-order valence-corrected chi connectivity index (χ0v) is 21.6. The SMILES string of the molecule is CC(C=Cc1ccc(Oc2ccccc2)cc1)=CC=NS(=O)(=O)N=Cc1nc2cccnc2n1C(C)C. The second-order valence-corrected chi connectivity index (χ2v) is 9.76. The van der Waals surface area contributed by atoms with Gasteiger partial charge in [0.2, 0.25) is 0 Å². The molecule has 0 atom stereocenters. The molecule has 2 aromatic carbocycles. The van der Waals surface area contributed by atoms with Gasteiger partial charge in [0.05, 0.1) is 6.21 Å². The molecule has 4 rings (SSSR count). The van der Waals surface area contributed by atoms with Crippen LogP contribution in [-0.4, -0.2) is 35.4 Å². The first kappa shape index (κ1) is 25.7. The van der Waals surface area contributed by atoms with Crippen molar-refractivity contribution in [2.45, 2.75) is 26.8 Å². The molecular formula is C28H27N5O3S. The molecule has 2 aromatic heterocycles. The zero-order valence-electron chi connectivity index (χ0n) is 20.8. The fourth-order valence-electron chi connectivity index (χ4n) is 3.47. The summed E-state index contributed by atoms with van der Waals surface area (Å²) in [5, 5.41) is 0. The molecule has 0 spiro atoms. The van der Waals surface area contributed by atoms with Gasteiger partial charge in [-0.1, -0.05) is 42.5 Å². The van der Waals surface area contributed by atoms with Crippen LogP contribution in [0.4, 0.5) is 0 Å². The average Bonchev–Trinajstić information content (AvgIpc) is 3.27. The lowest BCUT2D eigenvalue weighted by Crippen LogP contribution is -2.07. The number of aromatic nitrogens is 3. The van der Waals surface area contributed by atoms with Crippen LogP contribution in [0, 0.1) is 0 Å². The number of fused-ring (bicyclic) bond motifs is 1. The van der Waals surface area contributed by atoms with Crippen LogP contribution in [0.25, 0.3) is 17.2 Å². The quantitative estimate of drug-likeness (QED) is 0.196. The van der Waals surface area contributed by atoms with Gasteiger partial charge in [-0.05, 0) is 74.4 Å². The highest BCUT2D eigenvalue weighted by atomic mass is 32.2. The minimum Gasteiger partial charge on any atom is -0.457 e. The second-order valence-electron chi connectivity index (χ2n) is 8.44. The van der Waals surface area contributed by atoms with Gasteiger partial charge in [-0.3, -0.25) is 0 Å². The average molecular weight is 514 g/mol. The van der Waals surface area contributed by atoms with Crippen molar-refractivity contribution in [1.82, 2.24) is 14.5 Å². The van der Waals surface area contributed by atoms with E-state index in [1.807, 2.05) is 98.2 Å². The molecule has 0 aliphatic carbocycles. The second kappa shape index (κ2) is 11.6. The van der Waals surface area contributed by atoms with Crippen molar-refractivity contribution in [2.24, 2.45) is 8.80 Å². The first-order valence-electron chi connectivity index (χ1n) is 11.7. The van der Waals surface area contributed by atoms with Crippen LogP contribution in [0.3, 0.4) is 0 Å². The number of rotatable bonds is 9. The van der Waals surface area contributed by atoms with Crippen molar-refractivity contribution in [3.63, 3.8) is 0 Å². The summed E-state index contributed by atoms with van der Waals surface area (Å²) in [7, 11) is -4.07. The fraction of sp³-hybridized carbons (Fsp3) is 0.143. The minimum atomic E-state index is -4.07. The van der Waals surface area contributed by atoms with Gasteiger partial charge in [0.15, 0.2) is 11.5 Å². The molecule has 37 heavy (non-hydrogen) atoms. The molecule has 0 aliphatic rings. The molecule has 0 saturated carbocycles. The van der Waals surface area contributed by atoms with Crippen molar-refractivity contribution in [3.05, 3.63) is 102 Å². The number of hydrogen-bond donors (Lipinski definition) is 0. The molecular weight excluding hydrogens is 486 g/mol. The van der Waals surface area contributed by atoms with Crippen molar-refractivity contribution >= 4 is 39.9 Å². The van der Waals surface area contributed by atoms with Gasteiger partial charge in [0.1, 0.15) is 17.0 Å². The topological polar surface area (TPSA) is 98.8 Å². The number of para-hydroxylation sites is 1. The Morgan fingerprint density at radius 3 is 2.43 bits per heavy atom. The Morgan fingerprint density at radius 2 is 1.70 bits per heavy atom. The van der Waals surface area contributed by atoms with Gasteiger partial charge in [-0.2, -0.15) is 12.8 Å². The Hall–Kier alpha value is -4.37. The van der Waals surface area contributed by atoms with Crippen LogP contribution < -0.4 is 4.74 Å². The van der Waals surface area contributed by atoms with E-state index in [9.17, 15) is 8.42 Å². The molecule has 2 heterocycles. The number of pyridine rings is 1. The third kappa shape index (κ3) is 7.08. The number of benzene rings is 2. The first-order chi connectivity index (χ1) is 17.8. The monoisotopic (exact) mass is 513 g/mol. The standard InChI is InChI=1S/C28H27N5O3S/c1-21(2)33-27(32-26-10-7-18-29-28(26)33)20-31-37(34,35)30-19-17-22(3)11-12-23-13-15-25(16-14-23)36-24-8-5-4-6-9-24/h4-21H,1-3H3. The maximum atomic E-state index is 12.3. The van der Waals surface area contributed by atoms with Gasteiger partial charge in [0.25, 0.3) is 0 Å². The van der Waals surface area contributed by atoms with Crippen LogP contribution in [-0.2, 0) is 10.2 Å². The minimum absolute atomic E-state index is 0.0255. The zero-order chi connectivity index (χ0) is 26.3. The Morgan fingerprint density at radius 1 is 0.973 bits per heavy atom. The number of nitrogens with zero attached hydrogens (tertiary/aromatic N) is 5. The predicted molar refractivity (Wildman–Crippen MR) is 149 cm³/mol. The number of imidazole rings is 1. The van der Waals surface area contributed by atoms with E-state index in [1.54, 1.807) is 18.3 Å². The summed E-state index contributed by atoms with van der Waals surface area (Å²) in [5.74, 6) is 1.92. The highest BCUT2D eigenvalue weighted by molar-refractivity contribution is 7.89. The Bertz CT molecular complexity index is 1580. The van der Waals surface area contributed by atoms with Crippen LogP contribution >= 0.6 is 0 Å². The van der Waals surface area contributed by atoms with E-state index in [0.29, 0.717) is 17.0 Å². The van der Waals surface area contributed by atoms with Crippen LogP contribution in [0.15, 0.2) is 99.4 Å². The lowest BCUT2D eigenvalue weighted by atomic mass is 10.1. The predicted octanol–water partition coefficient (Wildman–Crippen LogP) is 6.20. The Balaban J connectivity index is 1.39. The molecule has 0 radical (unpaired) electrons. The number of ether oxygens (including phenoxy) is 1. The van der Waals surface area contributed by atoms with Crippen LogP contribution in [0.2, 0.25) is 0 Å². The number of hydrogen-bond acceptors (Lipinski definition) is 5. The molecule has 9 heteroatoms. The van der Waals surface area contributed by atoms with Gasteiger partial charge < -0.3 is 9.30 Å². The normalized spacial score (nSPS) is 13.0. The fourth-order valence-corrected chi connectivity index (χ4v) is 3.96. The van der Waals surface area contributed by atoms with E-state index >= 15 is 0 Å². The van der Waals surface area contributed by atoms with Crippen molar-refractivity contribution < 1.29 is 13.2 Å². The Labute approximate surface area is 216 Å². The highest BCUT2D eigenvalue weighted by Crippen LogP contribution is 2.22.